The molecule has 2 aromatic carbocycles. The second kappa shape index (κ2) is 8.05. The summed E-state index contributed by atoms with van der Waals surface area (Å²) in [5.41, 5.74) is -2.40. The summed E-state index contributed by atoms with van der Waals surface area (Å²) >= 11 is 0. The smallest absolute Gasteiger partial charge is 0.244 e. The molecule has 0 atom stereocenters. The molecule has 0 N–H and O–H groups in total. The van der Waals surface area contributed by atoms with E-state index in [1.54, 1.807) is 67.5 Å². The average Bonchev–Trinajstić information content (AvgIpc) is 3.39. The van der Waals surface area contributed by atoms with Gasteiger partial charge in [-0.15, -0.1) is 0 Å². The Morgan fingerprint density at radius 2 is 1.00 bits per heavy atom. The maximum atomic E-state index is 13.6. The number of hydrogen-bond acceptors (Lipinski definition) is 8. The van der Waals surface area contributed by atoms with Crippen LogP contribution in [0.25, 0.3) is 33.3 Å². The van der Waals surface area contributed by atoms with Crippen molar-refractivity contribution in [1.82, 2.24) is 15.0 Å². The van der Waals surface area contributed by atoms with Crippen LogP contribution in [0, 0.1) is 21.7 Å². The molecule has 0 spiro atoms. The fraction of sp³-hybridized carbons (Fsp3) is 0.387. The summed E-state index contributed by atoms with van der Waals surface area (Å²) < 4.78 is 6.04. The third kappa shape index (κ3) is 3.33. The Balaban J connectivity index is 1.58. The summed E-state index contributed by atoms with van der Waals surface area (Å²) in [5.74, 6) is -2.34. The fourth-order valence-electron chi connectivity index (χ4n) is 5.28. The van der Waals surface area contributed by atoms with E-state index in [1.807, 2.05) is 30.3 Å². The zero-order valence-corrected chi connectivity index (χ0v) is 24.3. The molecule has 4 heterocycles. The normalized spacial score (nSPS) is 21.1. The van der Waals surface area contributed by atoms with Crippen molar-refractivity contribution >= 4 is 57.5 Å². The highest BCUT2D eigenvalue weighted by Gasteiger charge is 2.62. The van der Waals surface area contributed by atoms with Crippen molar-refractivity contribution in [2.45, 2.75) is 55.4 Å². The first kappa shape index (κ1) is 26.7. The van der Waals surface area contributed by atoms with Crippen LogP contribution in [0.2, 0.25) is 0 Å². The zero-order valence-electron chi connectivity index (χ0n) is 24.3. The van der Waals surface area contributed by atoms with Gasteiger partial charge in [-0.25, -0.2) is 9.80 Å². The van der Waals surface area contributed by atoms with Crippen molar-refractivity contribution in [3.63, 3.8) is 0 Å². The van der Waals surface area contributed by atoms with E-state index in [1.165, 1.54) is 0 Å². The predicted octanol–water partition coefficient (Wildman–Crippen LogP) is 5.29. The minimum atomic E-state index is -1.05. The van der Waals surface area contributed by atoms with Gasteiger partial charge in [0.05, 0.1) is 21.7 Å². The first-order valence-electron chi connectivity index (χ1n) is 13.5. The molecule has 0 saturated carbocycles. The second-order valence-corrected chi connectivity index (χ2v) is 13.0. The Morgan fingerprint density at radius 3 is 1.49 bits per heavy atom. The third-order valence-corrected chi connectivity index (χ3v) is 9.72. The van der Waals surface area contributed by atoms with Gasteiger partial charge in [-0.1, -0.05) is 24.3 Å². The highest BCUT2D eigenvalue weighted by molar-refractivity contribution is 6.25. The van der Waals surface area contributed by atoms with E-state index in [4.69, 9.17) is 4.42 Å². The topological polar surface area (TPSA) is 127 Å². The molecule has 2 fully saturated rings. The number of imide groups is 2. The summed E-state index contributed by atoms with van der Waals surface area (Å²) in [5, 5.41) is 1.84. The largest absolute Gasteiger partial charge is 0.456 e. The minimum absolute atomic E-state index is 0.0820. The maximum Gasteiger partial charge on any atom is 0.244 e. The molecule has 10 nitrogen and oxygen atoms in total. The Hall–Kier alpha value is -4.47. The third-order valence-electron chi connectivity index (χ3n) is 9.72. The molecular formula is C31H31N5O5. The molecule has 2 aromatic heterocycles. The highest BCUT2D eigenvalue weighted by Crippen LogP contribution is 2.50. The SMILES string of the molecule is CC1(C)C(=O)N(c2nc(-c3ccc4c(c3)oc3ccccc34)nc(N3C(=O)C(C)(C)C(C)(C)C3=O)n2)C(=O)C1(C)C. The molecule has 41 heavy (non-hydrogen) atoms. The van der Waals surface area contributed by atoms with Crippen molar-refractivity contribution in [1.29, 1.82) is 0 Å². The molecule has 0 bridgehead atoms. The standard InChI is InChI=1S/C31H31N5O5/c1-28(2)22(37)35(23(38)29(28,3)4)26-32-21(16-13-14-18-17-11-9-10-12-19(17)41-20(18)15-16)33-27(34-26)36-24(39)30(5,6)31(7,8)25(36)40/h9-15H,1-8H3. The monoisotopic (exact) mass is 553 g/mol. The molecule has 2 aliphatic heterocycles. The lowest BCUT2D eigenvalue weighted by Crippen LogP contribution is -2.37. The molecule has 2 saturated heterocycles. The second-order valence-electron chi connectivity index (χ2n) is 13.0. The van der Waals surface area contributed by atoms with Gasteiger partial charge in [0, 0.05) is 16.3 Å². The van der Waals surface area contributed by atoms with Crippen molar-refractivity contribution < 1.29 is 23.6 Å². The van der Waals surface area contributed by atoms with Crippen LogP contribution >= 0.6 is 0 Å². The lowest BCUT2D eigenvalue weighted by Gasteiger charge is -2.28. The van der Waals surface area contributed by atoms with Crippen molar-refractivity contribution in [3.05, 3.63) is 42.5 Å². The number of anilines is 2. The molecule has 10 heteroatoms. The molecule has 6 rings (SSSR count). The van der Waals surface area contributed by atoms with Gasteiger partial charge >= 0.3 is 0 Å². The van der Waals surface area contributed by atoms with Gasteiger partial charge < -0.3 is 4.42 Å². The molecule has 4 aromatic rings. The maximum absolute atomic E-state index is 13.6. The van der Waals surface area contributed by atoms with E-state index in [2.05, 4.69) is 15.0 Å². The van der Waals surface area contributed by atoms with Crippen molar-refractivity contribution in [3.8, 4) is 11.4 Å². The van der Waals surface area contributed by atoms with Gasteiger partial charge in [-0.05, 0) is 73.6 Å². The van der Waals surface area contributed by atoms with Crippen molar-refractivity contribution in [2.75, 3.05) is 9.80 Å². The zero-order chi connectivity index (χ0) is 29.9. The van der Waals surface area contributed by atoms with Crippen molar-refractivity contribution in [2.24, 2.45) is 21.7 Å². The summed E-state index contributed by atoms with van der Waals surface area (Å²) in [6.07, 6.45) is 0. The van der Waals surface area contributed by atoms with Crippen LogP contribution in [-0.4, -0.2) is 38.6 Å². The number of benzene rings is 2. The molecule has 2 aliphatic rings. The summed E-state index contributed by atoms with van der Waals surface area (Å²) in [6.45, 7) is 13.6. The Morgan fingerprint density at radius 1 is 0.561 bits per heavy atom. The van der Waals surface area contributed by atoms with Gasteiger partial charge in [-0.2, -0.15) is 15.0 Å². The van der Waals surface area contributed by atoms with Gasteiger partial charge in [0.1, 0.15) is 11.2 Å². The van der Waals surface area contributed by atoms with Crippen LogP contribution < -0.4 is 9.80 Å². The summed E-state index contributed by atoms with van der Waals surface area (Å²) in [4.78, 5) is 69.7. The van der Waals surface area contributed by atoms with Crippen LogP contribution in [0.5, 0.6) is 0 Å². The number of carbonyl (C=O) groups excluding carboxylic acids is 4. The van der Waals surface area contributed by atoms with E-state index in [0.29, 0.717) is 16.7 Å². The molecule has 0 radical (unpaired) electrons. The number of hydrogen-bond donors (Lipinski definition) is 0. The van der Waals surface area contributed by atoms with Crippen LogP contribution in [0.3, 0.4) is 0 Å². The molecule has 4 amide bonds. The lowest BCUT2D eigenvalue weighted by molar-refractivity contribution is -0.129. The van der Waals surface area contributed by atoms with Gasteiger partial charge in [0.25, 0.3) is 0 Å². The van der Waals surface area contributed by atoms with E-state index < -0.39 is 45.3 Å². The van der Waals surface area contributed by atoms with Gasteiger partial charge in [-0.3, -0.25) is 19.2 Å². The molecule has 0 aliphatic carbocycles. The molecule has 210 valence electrons. The van der Waals surface area contributed by atoms with E-state index in [0.717, 1.165) is 20.6 Å². The van der Waals surface area contributed by atoms with E-state index in [9.17, 15) is 19.2 Å². The predicted molar refractivity (Wildman–Crippen MR) is 153 cm³/mol. The number of para-hydroxylation sites is 1. The lowest BCUT2D eigenvalue weighted by atomic mass is 9.70. The summed E-state index contributed by atoms with van der Waals surface area (Å²) in [7, 11) is 0. The van der Waals surface area contributed by atoms with Gasteiger partial charge in [0.2, 0.25) is 35.5 Å². The van der Waals surface area contributed by atoms with E-state index >= 15 is 0 Å². The highest BCUT2D eigenvalue weighted by atomic mass is 16.3. The van der Waals surface area contributed by atoms with Crippen LogP contribution in [0.1, 0.15) is 55.4 Å². The number of nitrogens with zero attached hydrogens (tertiary/aromatic N) is 5. The molecular weight excluding hydrogens is 522 g/mol. The Labute approximate surface area is 236 Å². The van der Waals surface area contributed by atoms with Crippen LogP contribution in [0.4, 0.5) is 11.9 Å². The van der Waals surface area contributed by atoms with Gasteiger partial charge in [0.15, 0.2) is 5.82 Å². The molecule has 0 unspecified atom stereocenters. The number of fused-ring (bicyclic) bond motifs is 3. The average molecular weight is 554 g/mol. The number of aromatic nitrogens is 3. The van der Waals surface area contributed by atoms with E-state index in [-0.39, 0.29) is 17.7 Å². The Bertz CT molecular complexity index is 1720. The first-order chi connectivity index (χ1) is 19.0. The quantitative estimate of drug-likeness (QED) is 0.313. The van der Waals surface area contributed by atoms with Crippen LogP contribution in [-0.2, 0) is 19.2 Å². The Kier molecular flexibility index (Phi) is 5.25. The number of rotatable bonds is 3. The number of furan rings is 1. The van der Waals surface area contributed by atoms with Crippen LogP contribution in [0.15, 0.2) is 46.9 Å². The number of carbonyl (C=O) groups is 4. The first-order valence-corrected chi connectivity index (χ1v) is 13.5. The minimum Gasteiger partial charge on any atom is -0.456 e. The summed E-state index contributed by atoms with van der Waals surface area (Å²) in [6, 6.07) is 13.1. The number of amides is 4. The fourth-order valence-corrected chi connectivity index (χ4v) is 5.28.